The van der Waals surface area contributed by atoms with E-state index in [1.807, 2.05) is 24.3 Å². The fourth-order valence-corrected chi connectivity index (χ4v) is 5.12. The number of hydrogen-bond donors (Lipinski definition) is 2. The van der Waals surface area contributed by atoms with Gasteiger partial charge >= 0.3 is 0 Å². The van der Waals surface area contributed by atoms with Gasteiger partial charge < -0.3 is 24.1 Å². The molecule has 0 aliphatic carbocycles. The molecule has 0 saturated carbocycles. The molecule has 36 heavy (non-hydrogen) atoms. The van der Waals surface area contributed by atoms with Gasteiger partial charge in [0, 0.05) is 21.6 Å². The van der Waals surface area contributed by atoms with Crippen molar-refractivity contribution in [2.45, 2.75) is 24.9 Å². The Hall–Kier alpha value is -3.18. The monoisotopic (exact) mass is 501 g/mol. The minimum Gasteiger partial charge on any atom is -0.490 e. The van der Waals surface area contributed by atoms with Crippen LogP contribution in [0.25, 0.3) is 23.4 Å². The Morgan fingerprint density at radius 2 is 1.78 bits per heavy atom. The van der Waals surface area contributed by atoms with Gasteiger partial charge in [0.05, 0.1) is 0 Å². The number of piperidine rings is 1. The first-order valence-corrected chi connectivity index (χ1v) is 12.8. The van der Waals surface area contributed by atoms with Crippen LogP contribution in [-0.2, 0) is 4.52 Å². The number of hydrogen-bond acceptors (Lipinski definition) is 4. The smallest absolute Gasteiger partial charge is 0.273 e. The zero-order chi connectivity index (χ0) is 24.9. The van der Waals surface area contributed by atoms with E-state index >= 15 is 0 Å². The van der Waals surface area contributed by atoms with Crippen molar-refractivity contribution in [3.63, 3.8) is 0 Å². The second-order valence-electron chi connectivity index (χ2n) is 9.40. The Morgan fingerprint density at radius 1 is 1.03 bits per heavy atom. The van der Waals surface area contributed by atoms with Gasteiger partial charge in [-0.1, -0.05) is 67.2 Å². The maximum atomic E-state index is 12.0. The number of rotatable bonds is 8. The van der Waals surface area contributed by atoms with Gasteiger partial charge in [-0.2, -0.15) is 0 Å². The quantitative estimate of drug-likeness (QED) is 0.363. The molecule has 1 aliphatic rings. The Bertz CT molecular complexity index is 1490. The van der Waals surface area contributed by atoms with Gasteiger partial charge in [0.1, 0.15) is 29.3 Å². The van der Waals surface area contributed by atoms with E-state index in [1.165, 1.54) is 16.3 Å². The number of imidazole rings is 1. The number of aromatic nitrogens is 2. The Morgan fingerprint density at radius 3 is 2.53 bits per heavy atom. The van der Waals surface area contributed by atoms with Gasteiger partial charge in [0.15, 0.2) is 0 Å². The lowest BCUT2D eigenvalue weighted by Crippen LogP contribution is -2.40. The van der Waals surface area contributed by atoms with E-state index in [1.54, 1.807) is 6.08 Å². The molecule has 7 heteroatoms. The first kappa shape index (κ1) is 24.5. The average molecular weight is 502 g/mol. The lowest BCUT2D eigenvalue weighted by atomic mass is 9.88. The lowest BCUT2D eigenvalue weighted by molar-refractivity contribution is 0.0892. The third-order valence-corrected chi connectivity index (χ3v) is 7.31. The number of nitrogens with zero attached hydrogens (tertiary/aromatic N) is 1. The van der Waals surface area contributed by atoms with Crippen molar-refractivity contribution in [2.24, 2.45) is 0 Å². The van der Waals surface area contributed by atoms with E-state index in [0.29, 0.717) is 29.1 Å². The first-order valence-electron chi connectivity index (χ1n) is 12.4. The van der Waals surface area contributed by atoms with Crippen molar-refractivity contribution in [1.29, 1.82) is 0 Å². The molecule has 2 heterocycles. The Kier molecular flexibility index (Phi) is 7.66. The fraction of sp³-hybridized carbons (Fsp3) is 0.276. The molecule has 0 radical (unpaired) electrons. The van der Waals surface area contributed by atoms with Crippen LogP contribution >= 0.6 is 9.47 Å². The number of ether oxygens (including phenoxy) is 1. The largest absolute Gasteiger partial charge is 0.490 e. The van der Waals surface area contributed by atoms with Crippen molar-refractivity contribution in [1.82, 2.24) is 14.9 Å². The zero-order valence-electron chi connectivity index (χ0n) is 20.3. The highest BCUT2D eigenvalue weighted by Crippen LogP contribution is 2.30. The number of likely N-dealkylation sites (tertiary alicyclic amines) is 1. The van der Waals surface area contributed by atoms with Crippen molar-refractivity contribution < 1.29 is 9.26 Å². The van der Waals surface area contributed by atoms with Gasteiger partial charge in [-0.3, -0.25) is 4.79 Å². The number of nitrogens with one attached hydrogen (secondary N) is 2. The number of fused-ring (bicyclic) bond motifs is 1. The summed E-state index contributed by atoms with van der Waals surface area (Å²) in [4.78, 5) is 20.1. The molecule has 1 unspecified atom stereocenters. The predicted octanol–water partition coefficient (Wildman–Crippen LogP) is 3.53. The van der Waals surface area contributed by atoms with Gasteiger partial charge in [0.25, 0.3) is 5.56 Å². The van der Waals surface area contributed by atoms with Crippen molar-refractivity contribution >= 4 is 32.9 Å². The second-order valence-corrected chi connectivity index (χ2v) is 9.68. The summed E-state index contributed by atoms with van der Waals surface area (Å²) in [5.74, 6) is 1.30. The fourth-order valence-electron chi connectivity index (χ4n) is 4.96. The molecule has 0 amide bonds. The molecule has 1 aromatic heterocycles. The molecule has 5 rings (SSSR count). The number of para-hydroxylation sites is 1. The van der Waals surface area contributed by atoms with Crippen LogP contribution in [0.4, 0.5) is 0 Å². The number of H-pyrrole nitrogens is 2. The van der Waals surface area contributed by atoms with Crippen molar-refractivity contribution in [2.75, 3.05) is 26.2 Å². The van der Waals surface area contributed by atoms with E-state index in [-0.39, 0.29) is 11.7 Å². The van der Waals surface area contributed by atoms with Crippen LogP contribution in [0.5, 0.6) is 5.75 Å². The minimum atomic E-state index is -0.201. The highest BCUT2D eigenvalue weighted by Gasteiger charge is 2.23. The summed E-state index contributed by atoms with van der Waals surface area (Å²) in [6.45, 7) is 7.04. The first-order chi connectivity index (χ1) is 17.6. The molecule has 4 aromatic rings. The van der Waals surface area contributed by atoms with Crippen LogP contribution in [0, 0.1) is 0 Å². The summed E-state index contributed by atoms with van der Waals surface area (Å²) in [5, 5.41) is 3.06. The molecule has 0 spiro atoms. The molecule has 1 aliphatic heterocycles. The van der Waals surface area contributed by atoms with E-state index in [2.05, 4.69) is 73.4 Å². The van der Waals surface area contributed by atoms with Crippen molar-refractivity contribution in [3.05, 3.63) is 99.0 Å². The summed E-state index contributed by atoms with van der Waals surface area (Å²) >= 11 is 0. The molecule has 2 N–H and O–H groups in total. The molecule has 2 atom stereocenters. The van der Waals surface area contributed by atoms with Crippen LogP contribution in [0.3, 0.4) is 0 Å². The lowest BCUT2D eigenvalue weighted by Gasteiger charge is -2.34. The van der Waals surface area contributed by atoms with Crippen molar-refractivity contribution in [3.8, 4) is 5.75 Å². The molecule has 186 valence electrons. The minimum absolute atomic E-state index is 0.0828. The summed E-state index contributed by atoms with van der Waals surface area (Å²) in [7, 11) is 2.39. The summed E-state index contributed by atoms with van der Waals surface area (Å²) in [6, 6.07) is 23.1. The molecule has 3 aromatic carbocycles. The number of aromatic amines is 2. The van der Waals surface area contributed by atoms with Crippen LogP contribution in [0.1, 0.15) is 29.9 Å². The molecule has 6 nitrogen and oxygen atoms in total. The third-order valence-electron chi connectivity index (χ3n) is 6.92. The topological polar surface area (TPSA) is 70.3 Å². The van der Waals surface area contributed by atoms with E-state index < -0.39 is 0 Å². The Balaban J connectivity index is 1.18. The SMILES string of the molecule is C=c1[nH]c(=O)c(=Cc2ccccc2OC[C@H](CN2CCC(c3ccc4ccccc4c3)CC2)OP)[nH]1. The average Bonchev–Trinajstić information content (AvgIpc) is 3.23. The highest BCUT2D eigenvalue weighted by atomic mass is 31.0. The maximum Gasteiger partial charge on any atom is 0.273 e. The summed E-state index contributed by atoms with van der Waals surface area (Å²) < 4.78 is 11.8. The normalized spacial score (nSPS) is 16.4. The van der Waals surface area contributed by atoms with E-state index in [9.17, 15) is 4.79 Å². The molecular formula is C29H32N3O3P. The number of benzene rings is 3. The second kappa shape index (κ2) is 11.3. The Labute approximate surface area is 212 Å². The van der Waals surface area contributed by atoms with Crippen LogP contribution in [0.2, 0.25) is 0 Å². The van der Waals surface area contributed by atoms with Gasteiger partial charge in [-0.05, 0) is 60.3 Å². The van der Waals surface area contributed by atoms with Gasteiger partial charge in [0.2, 0.25) is 0 Å². The summed E-state index contributed by atoms with van der Waals surface area (Å²) in [6.07, 6.45) is 3.97. The molecule has 1 fully saturated rings. The van der Waals surface area contributed by atoms with E-state index in [4.69, 9.17) is 9.26 Å². The third kappa shape index (κ3) is 5.79. The van der Waals surface area contributed by atoms with Crippen LogP contribution in [0.15, 0.2) is 71.5 Å². The predicted molar refractivity (Wildman–Crippen MR) is 149 cm³/mol. The molecule has 0 bridgehead atoms. The maximum absolute atomic E-state index is 12.0. The van der Waals surface area contributed by atoms with Crippen LogP contribution in [-0.4, -0.2) is 47.2 Å². The molecule has 1 saturated heterocycles. The standard InChI is InChI=1S/C29H32N3O3P/c1-20-30-27(29(33)31-20)17-25-8-4-5-9-28(25)34-19-26(35-36)18-32-14-12-22(13-15-32)24-11-10-21-6-2-3-7-23(21)16-24/h2-11,16-17,22,26,30H,1,12-15,18-19,36H2,(H,31,33)/t26-/m0/s1. The highest BCUT2D eigenvalue weighted by molar-refractivity contribution is 7.09. The summed E-state index contributed by atoms with van der Waals surface area (Å²) in [5.41, 5.74) is 2.54. The van der Waals surface area contributed by atoms with E-state index in [0.717, 1.165) is 38.0 Å². The zero-order valence-corrected chi connectivity index (χ0v) is 21.4. The van der Waals surface area contributed by atoms with Gasteiger partial charge in [-0.15, -0.1) is 0 Å². The molecular weight excluding hydrogens is 469 g/mol. The van der Waals surface area contributed by atoms with Crippen LogP contribution < -0.4 is 21.1 Å². The van der Waals surface area contributed by atoms with Gasteiger partial charge in [-0.25, -0.2) is 0 Å².